The van der Waals surface area contributed by atoms with Gasteiger partial charge < -0.3 is 87.9 Å². The average Bonchev–Trinajstić information content (AvgIpc) is 3.57. The number of ketones is 2. The Morgan fingerprint density at radius 1 is 0.402 bits per heavy atom. The summed E-state index contributed by atoms with van der Waals surface area (Å²) in [4.78, 5) is 48.9. The molecule has 0 saturated carbocycles. The van der Waals surface area contributed by atoms with E-state index in [2.05, 4.69) is 10.6 Å². The lowest BCUT2D eigenvalue weighted by Crippen LogP contribution is -2.63. The minimum atomic E-state index is -4.68. The van der Waals surface area contributed by atoms with Crippen LogP contribution < -0.4 is 20.1 Å². The van der Waals surface area contributed by atoms with E-state index in [9.17, 15) is 56.4 Å². The predicted octanol–water partition coefficient (Wildman–Crippen LogP) is 0.246. The first-order valence-corrected chi connectivity index (χ1v) is 33.2. The molecule has 0 aromatic carbocycles. The number of unbranched alkanes of at least 4 members (excludes halogenated alkanes) is 7. The topological polar surface area (TPSA) is 417 Å². The predicted molar refractivity (Wildman–Crippen MR) is 312 cm³/mol. The molecule has 10 N–H and O–H groups in total. The standard InChI is InChI=1S/C55H104N4O26S2/c1-41-49(64)51(66)47(58-86(68,69)70)53(84-41)82-24-12-8-5-6-10-15-43(60)17-26-75-32-36-79-38-34-77-30-22-57-46(63)20-29-81-40-55(3,4)39-80-27-18-44(61)16-14-23-74-31-35-78-37-33-76-28-19-45(62)56-21-11-7-9-13-25-83-54-48(59-87(71,72)73)52(67)50(65)42(2)85-54/h41-42,47-54,58-59,64-67H,5-40H2,1-4H3,(H,56,62)(H,57,63)(H,68,69,70)(H,71,72,73). The first-order valence-electron chi connectivity index (χ1n) is 30.3. The highest BCUT2D eigenvalue weighted by Crippen LogP contribution is 2.25. The minimum absolute atomic E-state index is 0.0841. The van der Waals surface area contributed by atoms with Crippen molar-refractivity contribution in [3.8, 4) is 0 Å². The van der Waals surface area contributed by atoms with Crippen molar-refractivity contribution in [2.45, 2.75) is 192 Å². The van der Waals surface area contributed by atoms with E-state index in [1.807, 2.05) is 23.3 Å². The van der Waals surface area contributed by atoms with Crippen molar-refractivity contribution < 1.29 is 122 Å². The Kier molecular flexibility index (Phi) is 43.7. The fraction of sp³-hybridized carbons (Fsp3) is 0.927. The molecule has 32 heteroatoms. The number of ether oxygens (including phenoxy) is 12. The second-order valence-electron chi connectivity index (χ2n) is 22.1. The van der Waals surface area contributed by atoms with Crippen molar-refractivity contribution >= 4 is 44.0 Å². The highest BCUT2D eigenvalue weighted by atomic mass is 32.2. The van der Waals surface area contributed by atoms with Crippen LogP contribution in [0, 0.1) is 5.41 Å². The number of hydrogen-bond donors (Lipinski definition) is 10. The largest absolute Gasteiger partial charge is 0.388 e. The van der Waals surface area contributed by atoms with E-state index in [1.165, 1.54) is 13.8 Å². The van der Waals surface area contributed by atoms with Gasteiger partial charge in [-0.2, -0.15) is 26.3 Å². The van der Waals surface area contributed by atoms with Gasteiger partial charge in [0.15, 0.2) is 12.6 Å². The van der Waals surface area contributed by atoms with Gasteiger partial charge >= 0.3 is 20.6 Å². The average molecular weight is 1300 g/mol. The number of Topliss-reactive ketones (excluding diaryl/α,β-unsaturated/α-hetero) is 2. The van der Waals surface area contributed by atoms with Crippen LogP contribution in [0.15, 0.2) is 0 Å². The van der Waals surface area contributed by atoms with Crippen LogP contribution in [0.3, 0.4) is 0 Å². The number of rotatable bonds is 56. The van der Waals surface area contributed by atoms with Gasteiger partial charge in [-0.05, 0) is 46.0 Å². The van der Waals surface area contributed by atoms with Crippen LogP contribution in [0.1, 0.15) is 130 Å². The van der Waals surface area contributed by atoms with Crippen molar-refractivity contribution in [2.75, 3.05) is 132 Å². The molecule has 0 bridgehead atoms. The Bertz CT molecular complexity index is 1930. The van der Waals surface area contributed by atoms with Gasteiger partial charge in [-0.15, -0.1) is 0 Å². The number of hydrogen-bond acceptors (Lipinski definition) is 24. The Morgan fingerprint density at radius 3 is 1.23 bits per heavy atom. The molecule has 2 rings (SSSR count). The normalized spacial score (nSPS) is 22.8. The van der Waals surface area contributed by atoms with Crippen LogP contribution in [0.5, 0.6) is 0 Å². The maximum atomic E-state index is 12.3. The van der Waals surface area contributed by atoms with Crippen LogP contribution >= 0.6 is 0 Å². The molecule has 30 nitrogen and oxygen atoms in total. The molecule has 0 spiro atoms. The molecule has 0 aromatic rings. The highest BCUT2D eigenvalue weighted by molar-refractivity contribution is 7.84. The van der Waals surface area contributed by atoms with Gasteiger partial charge in [-0.3, -0.25) is 28.3 Å². The zero-order valence-electron chi connectivity index (χ0n) is 51.4. The van der Waals surface area contributed by atoms with E-state index in [-0.39, 0.29) is 68.1 Å². The molecule has 2 aliphatic heterocycles. The van der Waals surface area contributed by atoms with E-state index < -0.39 is 81.9 Å². The van der Waals surface area contributed by atoms with Crippen molar-refractivity contribution in [3.05, 3.63) is 0 Å². The number of carbonyl (C=O) groups excluding carboxylic acids is 4. The van der Waals surface area contributed by atoms with Crippen molar-refractivity contribution in [2.24, 2.45) is 5.41 Å². The monoisotopic (exact) mass is 1300 g/mol. The molecule has 2 aliphatic rings. The lowest BCUT2D eigenvalue weighted by atomic mass is 9.96. The molecule has 2 heterocycles. The van der Waals surface area contributed by atoms with Crippen LogP contribution in [0.2, 0.25) is 0 Å². The van der Waals surface area contributed by atoms with E-state index in [0.29, 0.717) is 151 Å². The van der Waals surface area contributed by atoms with Gasteiger partial charge in [0, 0.05) is 76.9 Å². The van der Waals surface area contributed by atoms with Gasteiger partial charge in [-0.1, -0.05) is 46.0 Å². The van der Waals surface area contributed by atoms with Gasteiger partial charge in [0.1, 0.15) is 48.1 Å². The third-order valence-electron chi connectivity index (χ3n) is 13.6. The van der Waals surface area contributed by atoms with Gasteiger partial charge in [0.05, 0.1) is 111 Å². The van der Waals surface area contributed by atoms with E-state index in [4.69, 9.17) is 65.9 Å². The van der Waals surface area contributed by atoms with Gasteiger partial charge in [-0.25, -0.2) is 0 Å². The SMILES string of the molecule is CC1OC(OCCCCCCCC(=O)CCOCCOCCOCCNC(=O)CCOCC(C)(C)COCCC(=O)CCCOCCOCCOCCC(=O)NCCCCCCOC2OC(C)C(O)C(O)C2NS(=O)(=O)O)C(NS(=O)(=O)O)C(O)C1O. The molecule has 0 radical (unpaired) electrons. The lowest BCUT2D eigenvalue weighted by molar-refractivity contribution is -0.258. The summed E-state index contributed by atoms with van der Waals surface area (Å²) in [5.74, 6) is -0.0906. The summed E-state index contributed by atoms with van der Waals surface area (Å²) >= 11 is 0. The summed E-state index contributed by atoms with van der Waals surface area (Å²) in [5, 5.41) is 46.1. The molecule has 0 aliphatic carbocycles. The highest BCUT2D eigenvalue weighted by Gasteiger charge is 2.46. The Morgan fingerprint density at radius 2 is 0.759 bits per heavy atom. The number of aliphatic hydroxyl groups excluding tert-OH is 4. The smallest absolute Gasteiger partial charge is 0.333 e. The van der Waals surface area contributed by atoms with Crippen LogP contribution in [0.4, 0.5) is 0 Å². The Labute approximate surface area is 513 Å². The summed E-state index contributed by atoms with van der Waals surface area (Å²) in [7, 11) is -9.35. The number of nitrogens with one attached hydrogen (secondary N) is 4. The molecule has 10 unspecified atom stereocenters. The van der Waals surface area contributed by atoms with E-state index in [0.717, 1.165) is 44.9 Å². The minimum Gasteiger partial charge on any atom is -0.388 e. The summed E-state index contributed by atoms with van der Waals surface area (Å²) in [6.07, 6.45) is -0.656. The van der Waals surface area contributed by atoms with Crippen LogP contribution in [-0.4, -0.2) is 263 Å². The zero-order valence-corrected chi connectivity index (χ0v) is 53.0. The Balaban J connectivity index is 1.28. The third-order valence-corrected chi connectivity index (χ3v) is 14.7. The van der Waals surface area contributed by atoms with Crippen molar-refractivity contribution in [3.63, 3.8) is 0 Å². The fourth-order valence-electron chi connectivity index (χ4n) is 8.68. The van der Waals surface area contributed by atoms with Crippen molar-refractivity contribution in [1.82, 2.24) is 20.1 Å². The van der Waals surface area contributed by atoms with Gasteiger partial charge in [0.2, 0.25) is 11.8 Å². The van der Waals surface area contributed by atoms with E-state index in [1.54, 1.807) is 0 Å². The summed E-state index contributed by atoms with van der Waals surface area (Å²) in [5.41, 5.74) is -0.316. The van der Waals surface area contributed by atoms with Gasteiger partial charge in [0.25, 0.3) is 0 Å². The Hall–Kier alpha value is -2.62. The second kappa shape index (κ2) is 47.3. The van der Waals surface area contributed by atoms with Crippen molar-refractivity contribution in [1.29, 1.82) is 0 Å². The molecule has 512 valence electrons. The third kappa shape index (κ3) is 41.5. The summed E-state index contributed by atoms with van der Waals surface area (Å²) in [6.45, 7) is 13.6. The first kappa shape index (κ1) is 80.5. The number of carbonyl (C=O) groups is 4. The number of aliphatic hydroxyl groups is 4. The molecule has 0 aromatic heterocycles. The maximum Gasteiger partial charge on any atom is 0.333 e. The lowest BCUT2D eigenvalue weighted by Gasteiger charge is -2.41. The van der Waals surface area contributed by atoms with Crippen LogP contribution in [-0.2, 0) is 96.6 Å². The molecule has 2 amide bonds. The van der Waals surface area contributed by atoms with Crippen LogP contribution in [0.25, 0.3) is 0 Å². The second-order valence-corrected chi connectivity index (χ2v) is 24.5. The van der Waals surface area contributed by atoms with E-state index >= 15 is 0 Å². The quantitative estimate of drug-likeness (QED) is 0.0288. The first-order chi connectivity index (χ1) is 41.4. The number of amides is 2. The maximum absolute atomic E-state index is 12.3. The molecular weight excluding hydrogens is 1200 g/mol. The molecular formula is C55H104N4O26S2. The molecule has 2 fully saturated rings. The molecule has 10 atom stereocenters. The zero-order chi connectivity index (χ0) is 64.4. The fourth-order valence-corrected chi connectivity index (χ4v) is 9.87. The summed E-state index contributed by atoms with van der Waals surface area (Å²) in [6, 6.07) is -2.76. The summed E-state index contributed by atoms with van der Waals surface area (Å²) < 4.78 is 134. The molecule has 87 heavy (non-hydrogen) atoms. The molecule has 2 saturated heterocycles.